The second kappa shape index (κ2) is 6.44. The van der Waals surface area contributed by atoms with Crippen LogP contribution in [0.2, 0.25) is 0 Å². The van der Waals surface area contributed by atoms with E-state index < -0.39 is 0 Å². The first-order valence-corrected chi connectivity index (χ1v) is 8.16. The molecule has 1 aromatic carbocycles. The summed E-state index contributed by atoms with van der Waals surface area (Å²) in [4.78, 5) is 7.26. The molecule has 1 saturated heterocycles. The van der Waals surface area contributed by atoms with E-state index >= 15 is 0 Å². The molecular formula is C18H25N3. The lowest BCUT2D eigenvalue weighted by atomic mass is 10.0. The van der Waals surface area contributed by atoms with Crippen LogP contribution in [0, 0.1) is 0 Å². The van der Waals surface area contributed by atoms with Gasteiger partial charge in [0.25, 0.3) is 0 Å². The molecule has 0 radical (unpaired) electrons. The van der Waals surface area contributed by atoms with Crippen LogP contribution in [-0.2, 0) is 13.0 Å². The number of aromatic nitrogens is 1. The second-order valence-corrected chi connectivity index (χ2v) is 6.09. The van der Waals surface area contributed by atoms with E-state index in [1.54, 1.807) is 0 Å². The predicted molar refractivity (Wildman–Crippen MR) is 89.3 cm³/mol. The van der Waals surface area contributed by atoms with Gasteiger partial charge in [0.15, 0.2) is 0 Å². The van der Waals surface area contributed by atoms with E-state index in [0.717, 1.165) is 24.2 Å². The topological polar surface area (TPSA) is 42.1 Å². The third-order valence-electron chi connectivity index (χ3n) is 4.51. The summed E-state index contributed by atoms with van der Waals surface area (Å²) in [6, 6.07) is 6.40. The van der Waals surface area contributed by atoms with Crippen molar-refractivity contribution in [2.45, 2.75) is 45.6 Å². The van der Waals surface area contributed by atoms with Gasteiger partial charge in [0.2, 0.25) is 0 Å². The summed E-state index contributed by atoms with van der Waals surface area (Å²) in [7, 11) is 0. The molecule has 3 heteroatoms. The Morgan fingerprint density at radius 1 is 1.14 bits per heavy atom. The molecule has 112 valence electrons. The van der Waals surface area contributed by atoms with Crippen molar-refractivity contribution in [2.24, 2.45) is 0 Å². The van der Waals surface area contributed by atoms with Gasteiger partial charge in [-0.15, -0.1) is 0 Å². The molecule has 0 aliphatic carbocycles. The third-order valence-corrected chi connectivity index (χ3v) is 4.51. The number of nitrogens with two attached hydrogens (primary N) is 1. The molecule has 1 aromatic heterocycles. The molecule has 0 saturated carbocycles. The lowest BCUT2D eigenvalue weighted by Gasteiger charge is -2.20. The standard InChI is InChI=1S/C18H25N3/c1-2-16-17(19)8-7-15-11-14(12-20-18(15)16)13-21-9-5-3-4-6-10-21/h7-8,11-12H,2-6,9-10,13,19H2,1H3. The highest BCUT2D eigenvalue weighted by Crippen LogP contribution is 2.24. The van der Waals surface area contributed by atoms with Gasteiger partial charge in [-0.1, -0.05) is 25.8 Å². The van der Waals surface area contributed by atoms with E-state index in [1.807, 2.05) is 12.3 Å². The van der Waals surface area contributed by atoms with E-state index in [9.17, 15) is 0 Å². The van der Waals surface area contributed by atoms with E-state index in [2.05, 4.69) is 24.0 Å². The first-order valence-electron chi connectivity index (χ1n) is 8.16. The van der Waals surface area contributed by atoms with Gasteiger partial charge >= 0.3 is 0 Å². The van der Waals surface area contributed by atoms with Crippen LogP contribution >= 0.6 is 0 Å². The number of aryl methyl sites for hydroxylation is 1. The van der Waals surface area contributed by atoms with Gasteiger partial charge in [0.05, 0.1) is 5.52 Å². The summed E-state index contributed by atoms with van der Waals surface area (Å²) in [6.07, 6.45) is 8.39. The number of benzene rings is 1. The lowest BCUT2D eigenvalue weighted by Crippen LogP contribution is -2.24. The summed E-state index contributed by atoms with van der Waals surface area (Å²) in [6.45, 7) is 5.60. The molecule has 0 bridgehead atoms. The van der Waals surface area contributed by atoms with Crippen LogP contribution < -0.4 is 5.73 Å². The molecule has 2 heterocycles. The smallest absolute Gasteiger partial charge is 0.0754 e. The minimum Gasteiger partial charge on any atom is -0.398 e. The molecule has 0 atom stereocenters. The highest BCUT2D eigenvalue weighted by atomic mass is 15.1. The van der Waals surface area contributed by atoms with Crippen LogP contribution in [0.3, 0.4) is 0 Å². The molecule has 2 N–H and O–H groups in total. The van der Waals surface area contributed by atoms with Crippen molar-refractivity contribution in [3.63, 3.8) is 0 Å². The van der Waals surface area contributed by atoms with Crippen molar-refractivity contribution in [3.05, 3.63) is 35.5 Å². The summed E-state index contributed by atoms with van der Waals surface area (Å²) in [5.41, 5.74) is 10.5. The lowest BCUT2D eigenvalue weighted by molar-refractivity contribution is 0.277. The molecule has 1 fully saturated rings. The highest BCUT2D eigenvalue weighted by Gasteiger charge is 2.11. The second-order valence-electron chi connectivity index (χ2n) is 6.09. The number of pyridine rings is 1. The zero-order valence-electron chi connectivity index (χ0n) is 12.9. The number of hydrogen-bond donors (Lipinski definition) is 1. The minimum absolute atomic E-state index is 0.859. The van der Waals surface area contributed by atoms with Crippen molar-refractivity contribution in [1.82, 2.24) is 9.88 Å². The van der Waals surface area contributed by atoms with E-state index in [0.29, 0.717) is 0 Å². The highest BCUT2D eigenvalue weighted by molar-refractivity contribution is 5.86. The Hall–Kier alpha value is -1.61. The quantitative estimate of drug-likeness (QED) is 0.872. The maximum atomic E-state index is 6.05. The Kier molecular flexibility index (Phi) is 4.39. The van der Waals surface area contributed by atoms with E-state index in [4.69, 9.17) is 10.7 Å². The summed E-state index contributed by atoms with van der Waals surface area (Å²) in [5.74, 6) is 0. The van der Waals surface area contributed by atoms with E-state index in [-0.39, 0.29) is 0 Å². The van der Waals surface area contributed by atoms with Crippen molar-refractivity contribution in [2.75, 3.05) is 18.8 Å². The summed E-state index contributed by atoms with van der Waals surface area (Å²) < 4.78 is 0. The average molecular weight is 283 g/mol. The monoisotopic (exact) mass is 283 g/mol. The molecule has 0 spiro atoms. The number of likely N-dealkylation sites (tertiary alicyclic amines) is 1. The average Bonchev–Trinajstić information content (AvgIpc) is 2.76. The SMILES string of the molecule is CCc1c(N)ccc2cc(CN3CCCCCC3)cnc12. The molecule has 1 aliphatic rings. The van der Waals surface area contributed by atoms with Gasteiger partial charge in [-0.2, -0.15) is 0 Å². The zero-order valence-corrected chi connectivity index (χ0v) is 12.9. The summed E-state index contributed by atoms with van der Waals surface area (Å²) >= 11 is 0. The zero-order chi connectivity index (χ0) is 14.7. The molecular weight excluding hydrogens is 258 g/mol. The van der Waals surface area contributed by atoms with Gasteiger partial charge in [0, 0.05) is 29.4 Å². The number of hydrogen-bond acceptors (Lipinski definition) is 3. The van der Waals surface area contributed by atoms with Crippen LogP contribution in [-0.4, -0.2) is 23.0 Å². The third kappa shape index (κ3) is 3.18. The molecule has 0 amide bonds. The maximum Gasteiger partial charge on any atom is 0.0754 e. The Morgan fingerprint density at radius 3 is 2.62 bits per heavy atom. The Bertz CT molecular complexity index is 613. The van der Waals surface area contributed by atoms with Crippen LogP contribution in [0.4, 0.5) is 5.69 Å². The van der Waals surface area contributed by atoms with Crippen molar-refractivity contribution < 1.29 is 0 Å². The van der Waals surface area contributed by atoms with Gasteiger partial charge in [-0.05, 0) is 50.0 Å². The first-order chi connectivity index (χ1) is 10.3. The van der Waals surface area contributed by atoms with Crippen molar-refractivity contribution in [3.8, 4) is 0 Å². The fourth-order valence-corrected chi connectivity index (χ4v) is 3.33. The predicted octanol–water partition coefficient (Wildman–Crippen LogP) is 3.76. The Balaban J connectivity index is 1.85. The molecule has 3 rings (SSSR count). The van der Waals surface area contributed by atoms with Gasteiger partial charge in [-0.25, -0.2) is 0 Å². The number of anilines is 1. The van der Waals surface area contributed by atoms with Gasteiger partial charge in [0.1, 0.15) is 0 Å². The molecule has 2 aromatic rings. The fourth-order valence-electron chi connectivity index (χ4n) is 3.33. The summed E-state index contributed by atoms with van der Waals surface area (Å²) in [5, 5.41) is 1.22. The van der Waals surface area contributed by atoms with Crippen molar-refractivity contribution in [1.29, 1.82) is 0 Å². The van der Waals surface area contributed by atoms with E-state index in [1.165, 1.54) is 55.3 Å². The number of nitrogen functional groups attached to an aromatic ring is 1. The molecule has 3 nitrogen and oxygen atoms in total. The minimum atomic E-state index is 0.859. The van der Waals surface area contributed by atoms with Crippen molar-refractivity contribution >= 4 is 16.6 Å². The maximum absolute atomic E-state index is 6.05. The number of fused-ring (bicyclic) bond motifs is 1. The first kappa shape index (κ1) is 14.3. The van der Waals surface area contributed by atoms with Crippen LogP contribution in [0.1, 0.15) is 43.7 Å². The Morgan fingerprint density at radius 2 is 1.90 bits per heavy atom. The number of rotatable bonds is 3. The fraction of sp³-hybridized carbons (Fsp3) is 0.500. The van der Waals surface area contributed by atoms with Gasteiger partial charge < -0.3 is 5.73 Å². The van der Waals surface area contributed by atoms with Crippen LogP contribution in [0.25, 0.3) is 10.9 Å². The normalized spacial score (nSPS) is 17.0. The van der Waals surface area contributed by atoms with Crippen LogP contribution in [0.15, 0.2) is 24.4 Å². The molecule has 21 heavy (non-hydrogen) atoms. The Labute approximate surface area is 127 Å². The largest absolute Gasteiger partial charge is 0.398 e. The molecule has 1 aliphatic heterocycles. The van der Waals surface area contributed by atoms with Crippen LogP contribution in [0.5, 0.6) is 0 Å². The van der Waals surface area contributed by atoms with Gasteiger partial charge in [-0.3, -0.25) is 9.88 Å². The number of nitrogens with zero attached hydrogens (tertiary/aromatic N) is 2. The molecule has 0 unspecified atom stereocenters.